The van der Waals surface area contributed by atoms with Crippen molar-refractivity contribution in [2.45, 2.75) is 76.2 Å². The molecule has 0 aromatic carbocycles. The first kappa shape index (κ1) is 24.0. The van der Waals surface area contributed by atoms with Gasteiger partial charge in [0.25, 0.3) is 0 Å². The van der Waals surface area contributed by atoms with Crippen LogP contribution in [0.2, 0.25) is 0 Å². The number of ether oxygens (including phenoxy) is 1. The summed E-state index contributed by atoms with van der Waals surface area (Å²) < 4.78 is 5.50. The average molecular weight is 478 g/mol. The molecule has 4 rings (SSSR count). The highest BCUT2D eigenvalue weighted by atomic mass is 16.5. The third kappa shape index (κ3) is 4.58. The van der Waals surface area contributed by atoms with Gasteiger partial charge in [0.05, 0.1) is 6.42 Å². The largest absolute Gasteiger partial charge is 0.461 e. The molecule has 4 fully saturated rings. The first-order valence-electron chi connectivity index (χ1n) is 11.9. The van der Waals surface area contributed by atoms with Crippen molar-refractivity contribution in [1.29, 1.82) is 0 Å². The number of cyclic esters (lactones) is 1. The fraction of sp³-hybridized carbons (Fsp3) is 0.727. The molecule has 2 N–H and O–H groups in total. The van der Waals surface area contributed by atoms with Crippen LogP contribution in [0.1, 0.15) is 46.0 Å². The zero-order valence-electron chi connectivity index (χ0n) is 19.5. The van der Waals surface area contributed by atoms with Crippen molar-refractivity contribution in [1.82, 2.24) is 25.3 Å². The van der Waals surface area contributed by atoms with Gasteiger partial charge in [0.1, 0.15) is 36.8 Å². The van der Waals surface area contributed by atoms with Crippen LogP contribution in [0.15, 0.2) is 0 Å². The van der Waals surface area contributed by atoms with Crippen molar-refractivity contribution < 1.29 is 33.5 Å². The third-order valence-electron chi connectivity index (χ3n) is 6.94. The van der Waals surface area contributed by atoms with E-state index in [2.05, 4.69) is 10.6 Å². The molecular weight excluding hydrogens is 446 g/mol. The highest BCUT2D eigenvalue weighted by molar-refractivity contribution is 5.98. The second-order valence-electron chi connectivity index (χ2n) is 9.40. The van der Waals surface area contributed by atoms with Gasteiger partial charge >= 0.3 is 5.97 Å². The summed E-state index contributed by atoms with van der Waals surface area (Å²) in [6, 6.07) is -3.52. The first-order valence-corrected chi connectivity index (χ1v) is 11.9. The minimum absolute atomic E-state index is 0.0896. The standard InChI is InChI=1S/C22H31N5O7/c1-12-9-18(29)25-7-3-5-14(25)21(32)27-11-17(28)23-10-16(27)19(30)24-13(2)20(31)26-8-4-6-15(26)22(33)34-12/h12-16H,3-11H2,1-2H3,(H,23,28)(H,24,30). The van der Waals surface area contributed by atoms with Crippen molar-refractivity contribution in [3.8, 4) is 0 Å². The van der Waals surface area contributed by atoms with Crippen molar-refractivity contribution in [3.05, 3.63) is 0 Å². The third-order valence-corrected chi connectivity index (χ3v) is 6.94. The molecule has 4 aliphatic rings. The fourth-order valence-electron chi connectivity index (χ4n) is 5.20. The Kier molecular flexibility index (Phi) is 6.76. The van der Waals surface area contributed by atoms with Gasteiger partial charge in [-0.25, -0.2) is 4.79 Å². The quantitative estimate of drug-likeness (QED) is 0.389. The Morgan fingerprint density at radius 1 is 0.824 bits per heavy atom. The predicted octanol–water partition coefficient (Wildman–Crippen LogP) is -1.86. The van der Waals surface area contributed by atoms with Crippen LogP contribution in [0.5, 0.6) is 0 Å². The van der Waals surface area contributed by atoms with Crippen LogP contribution in [0.3, 0.4) is 0 Å². The fourth-order valence-corrected chi connectivity index (χ4v) is 5.20. The molecule has 0 aliphatic carbocycles. The van der Waals surface area contributed by atoms with E-state index in [1.165, 1.54) is 21.6 Å². The maximum Gasteiger partial charge on any atom is 0.329 e. The first-order chi connectivity index (χ1) is 16.2. The van der Waals surface area contributed by atoms with E-state index in [9.17, 15) is 28.8 Å². The Morgan fingerprint density at radius 2 is 1.50 bits per heavy atom. The maximum atomic E-state index is 13.4. The smallest absolute Gasteiger partial charge is 0.329 e. The van der Waals surface area contributed by atoms with E-state index >= 15 is 0 Å². The molecule has 0 aromatic rings. The summed E-state index contributed by atoms with van der Waals surface area (Å²) in [5.41, 5.74) is 0. The van der Waals surface area contributed by atoms with Crippen LogP contribution in [0.4, 0.5) is 0 Å². The van der Waals surface area contributed by atoms with Crippen LogP contribution in [-0.4, -0.2) is 107 Å². The molecule has 5 amide bonds. The number of hydrogen-bond acceptors (Lipinski definition) is 7. The van der Waals surface area contributed by atoms with Gasteiger partial charge in [-0.3, -0.25) is 24.0 Å². The van der Waals surface area contributed by atoms with E-state index in [1.54, 1.807) is 6.92 Å². The summed E-state index contributed by atoms with van der Waals surface area (Å²) in [5.74, 6) is -2.79. The number of nitrogens with zero attached hydrogens (tertiary/aromatic N) is 3. The Morgan fingerprint density at radius 3 is 2.24 bits per heavy atom. The number of hydrogen-bond donors (Lipinski definition) is 2. The van der Waals surface area contributed by atoms with E-state index in [0.717, 1.165) is 0 Å². The maximum absolute atomic E-state index is 13.4. The molecule has 34 heavy (non-hydrogen) atoms. The van der Waals surface area contributed by atoms with Gasteiger partial charge in [0.15, 0.2) is 0 Å². The number of amides is 5. The second-order valence-corrected chi connectivity index (χ2v) is 9.40. The Hall–Kier alpha value is -3.18. The molecule has 12 nitrogen and oxygen atoms in total. The molecule has 4 aliphatic heterocycles. The summed E-state index contributed by atoms with van der Waals surface area (Å²) in [4.78, 5) is 81.5. The highest BCUT2D eigenvalue weighted by Crippen LogP contribution is 2.25. The molecule has 4 saturated heterocycles. The predicted molar refractivity (Wildman–Crippen MR) is 116 cm³/mol. The number of carbonyl (C=O) groups excluding carboxylic acids is 6. The summed E-state index contributed by atoms with van der Waals surface area (Å²) in [7, 11) is 0. The highest BCUT2D eigenvalue weighted by Gasteiger charge is 2.44. The summed E-state index contributed by atoms with van der Waals surface area (Å²) in [6.07, 6.45) is 1.25. The van der Waals surface area contributed by atoms with Gasteiger partial charge in [-0.15, -0.1) is 0 Å². The van der Waals surface area contributed by atoms with Gasteiger partial charge in [-0.1, -0.05) is 0 Å². The van der Waals surface area contributed by atoms with E-state index in [1.807, 2.05) is 0 Å². The lowest BCUT2D eigenvalue weighted by Gasteiger charge is -2.38. The van der Waals surface area contributed by atoms with Gasteiger partial charge < -0.3 is 30.1 Å². The zero-order valence-corrected chi connectivity index (χ0v) is 19.5. The molecule has 186 valence electrons. The molecule has 5 atom stereocenters. The van der Waals surface area contributed by atoms with E-state index < -0.39 is 59.9 Å². The monoisotopic (exact) mass is 477 g/mol. The van der Waals surface area contributed by atoms with Crippen LogP contribution in [-0.2, 0) is 33.5 Å². The minimum atomic E-state index is -1.01. The van der Waals surface area contributed by atoms with E-state index in [4.69, 9.17) is 4.74 Å². The summed E-state index contributed by atoms with van der Waals surface area (Å²) in [6.45, 7) is 3.46. The molecule has 0 bridgehead atoms. The van der Waals surface area contributed by atoms with Gasteiger partial charge in [-0.2, -0.15) is 0 Å². The average Bonchev–Trinajstić information content (AvgIpc) is 3.47. The Bertz CT molecular complexity index is 908. The number of carbonyl (C=O) groups is 6. The van der Waals surface area contributed by atoms with E-state index in [0.29, 0.717) is 38.8 Å². The van der Waals surface area contributed by atoms with Crippen LogP contribution >= 0.6 is 0 Å². The van der Waals surface area contributed by atoms with Gasteiger partial charge in [0, 0.05) is 19.6 Å². The minimum Gasteiger partial charge on any atom is -0.461 e. The summed E-state index contributed by atoms with van der Waals surface area (Å²) in [5, 5.41) is 5.24. The lowest BCUT2D eigenvalue weighted by molar-refractivity contribution is -0.160. The number of fused-ring (bicyclic) bond motifs is 3. The van der Waals surface area contributed by atoms with Crippen LogP contribution in [0.25, 0.3) is 0 Å². The normalized spacial score (nSPS) is 33.7. The number of esters is 1. The van der Waals surface area contributed by atoms with Crippen molar-refractivity contribution in [2.24, 2.45) is 0 Å². The molecule has 4 heterocycles. The van der Waals surface area contributed by atoms with Crippen molar-refractivity contribution in [2.75, 3.05) is 26.2 Å². The van der Waals surface area contributed by atoms with E-state index in [-0.39, 0.29) is 25.4 Å². The van der Waals surface area contributed by atoms with Gasteiger partial charge in [-0.05, 0) is 39.5 Å². The molecule has 0 radical (unpaired) electrons. The topological polar surface area (TPSA) is 145 Å². The number of nitrogens with one attached hydrogen (secondary N) is 2. The second kappa shape index (κ2) is 9.59. The summed E-state index contributed by atoms with van der Waals surface area (Å²) >= 11 is 0. The Labute approximate surface area is 197 Å². The lowest BCUT2D eigenvalue weighted by atomic mass is 10.1. The van der Waals surface area contributed by atoms with Gasteiger partial charge in [0.2, 0.25) is 29.5 Å². The molecule has 12 heteroatoms. The van der Waals surface area contributed by atoms with Crippen LogP contribution in [0, 0.1) is 0 Å². The molecule has 5 unspecified atom stereocenters. The molecule has 0 aromatic heterocycles. The lowest BCUT2D eigenvalue weighted by Crippen LogP contribution is -2.65. The molecule has 0 saturated carbocycles. The molecule has 0 spiro atoms. The van der Waals surface area contributed by atoms with Crippen molar-refractivity contribution >= 4 is 35.5 Å². The molecular formula is C22H31N5O7. The Balaban J connectivity index is 1.65. The SMILES string of the molecule is CC1CC(=O)N2CCCC2C(=O)N2CC(=O)NCC2C(=O)NC(C)C(=O)N2CCCC2C(=O)O1. The number of rotatable bonds is 0. The zero-order chi connectivity index (χ0) is 24.6. The number of piperazine rings is 1. The van der Waals surface area contributed by atoms with Crippen LogP contribution < -0.4 is 10.6 Å². The van der Waals surface area contributed by atoms with Crippen molar-refractivity contribution in [3.63, 3.8) is 0 Å².